The first-order valence-corrected chi connectivity index (χ1v) is 13.9. The molecular formula is C29H32ClN7O3. The number of hydrogen-bond donors (Lipinski definition) is 4. The molecule has 10 nitrogen and oxygen atoms in total. The van der Waals surface area contributed by atoms with Crippen molar-refractivity contribution < 1.29 is 14.6 Å². The predicted octanol–water partition coefficient (Wildman–Crippen LogP) is 3.33. The van der Waals surface area contributed by atoms with Crippen LogP contribution in [0.25, 0.3) is 5.65 Å². The van der Waals surface area contributed by atoms with Crippen LogP contribution in [0.1, 0.15) is 28.8 Å². The molecule has 4 N–H and O–H groups in total. The predicted molar refractivity (Wildman–Crippen MR) is 154 cm³/mol. The van der Waals surface area contributed by atoms with E-state index in [9.17, 15) is 9.90 Å². The molecule has 40 heavy (non-hydrogen) atoms. The SMILES string of the molecule is O=C(NCC1CNCCO1)c1ccc(Nc2nc3c(N4CCC(O)(c5ccc(Cl)cc5)CC4)cccn3n2)cc1. The highest BCUT2D eigenvalue weighted by atomic mass is 35.5. The molecule has 6 rings (SSSR count). The van der Waals surface area contributed by atoms with Crippen LogP contribution < -0.4 is 20.9 Å². The molecule has 0 spiro atoms. The standard InChI is InChI=1S/C29H32ClN7O3/c30-22-7-5-21(6-8-22)29(39)11-15-36(16-12-29)25-2-1-14-37-26(25)34-28(35-37)33-23-9-3-20(4-10-23)27(38)32-19-24-18-31-13-17-40-24/h1-10,14,24,31,39H,11-13,15-19H2,(H,32,38)(H,33,35). The van der Waals surface area contributed by atoms with E-state index in [1.165, 1.54) is 0 Å². The number of carbonyl (C=O) groups excluding carboxylic acids is 1. The number of anilines is 3. The second-order valence-corrected chi connectivity index (χ2v) is 10.7. The van der Waals surface area contributed by atoms with E-state index < -0.39 is 5.60 Å². The molecule has 0 bridgehead atoms. The van der Waals surface area contributed by atoms with Crippen LogP contribution in [0.15, 0.2) is 66.9 Å². The summed E-state index contributed by atoms with van der Waals surface area (Å²) in [7, 11) is 0. The van der Waals surface area contributed by atoms with Gasteiger partial charge in [0.1, 0.15) is 0 Å². The third kappa shape index (κ3) is 5.75. The third-order valence-corrected chi connectivity index (χ3v) is 7.80. The maximum absolute atomic E-state index is 12.5. The average Bonchev–Trinajstić information content (AvgIpc) is 3.40. The van der Waals surface area contributed by atoms with Gasteiger partial charge in [-0.25, -0.2) is 4.52 Å². The summed E-state index contributed by atoms with van der Waals surface area (Å²) in [6.07, 6.45) is 3.05. The summed E-state index contributed by atoms with van der Waals surface area (Å²) in [6, 6.07) is 18.6. The summed E-state index contributed by atoms with van der Waals surface area (Å²) < 4.78 is 7.38. The minimum absolute atomic E-state index is 0.00995. The van der Waals surface area contributed by atoms with Crippen molar-refractivity contribution in [1.82, 2.24) is 25.2 Å². The average molecular weight is 562 g/mol. The summed E-state index contributed by atoms with van der Waals surface area (Å²) in [5, 5.41) is 26.0. The number of morpholine rings is 1. The normalized spacial score (nSPS) is 18.9. The van der Waals surface area contributed by atoms with Gasteiger partial charge in [0, 0.05) is 55.2 Å². The number of nitrogens with one attached hydrogen (secondary N) is 3. The van der Waals surface area contributed by atoms with Gasteiger partial charge in [0.15, 0.2) is 5.65 Å². The molecule has 208 valence electrons. The molecule has 2 aliphatic heterocycles. The number of ether oxygens (including phenoxy) is 1. The number of benzene rings is 2. The first kappa shape index (κ1) is 26.5. The van der Waals surface area contributed by atoms with E-state index in [2.05, 4.69) is 25.9 Å². The minimum Gasteiger partial charge on any atom is -0.385 e. The highest BCUT2D eigenvalue weighted by Gasteiger charge is 2.34. The summed E-state index contributed by atoms with van der Waals surface area (Å²) in [5.74, 6) is 0.321. The second kappa shape index (κ2) is 11.4. The molecule has 0 radical (unpaired) electrons. The lowest BCUT2D eigenvalue weighted by Crippen LogP contribution is -2.45. The Bertz CT molecular complexity index is 1460. The lowest BCUT2D eigenvalue weighted by atomic mass is 9.84. The van der Waals surface area contributed by atoms with E-state index in [1.807, 2.05) is 54.7 Å². The molecule has 2 aromatic carbocycles. The number of piperidine rings is 1. The van der Waals surface area contributed by atoms with Crippen molar-refractivity contribution in [2.45, 2.75) is 24.5 Å². The second-order valence-electron chi connectivity index (χ2n) is 10.2. The smallest absolute Gasteiger partial charge is 0.251 e. The van der Waals surface area contributed by atoms with Crippen molar-refractivity contribution >= 4 is 40.5 Å². The number of fused-ring (bicyclic) bond motifs is 1. The number of pyridine rings is 1. The highest BCUT2D eigenvalue weighted by molar-refractivity contribution is 6.30. The monoisotopic (exact) mass is 561 g/mol. The molecule has 1 atom stereocenters. The van der Waals surface area contributed by atoms with Gasteiger partial charge in [0.2, 0.25) is 5.95 Å². The number of halogens is 1. The van der Waals surface area contributed by atoms with Gasteiger partial charge in [-0.15, -0.1) is 5.10 Å². The van der Waals surface area contributed by atoms with Crippen molar-refractivity contribution in [3.05, 3.63) is 83.0 Å². The van der Waals surface area contributed by atoms with Gasteiger partial charge in [-0.1, -0.05) is 23.7 Å². The first-order valence-electron chi connectivity index (χ1n) is 13.5. The Morgan fingerprint density at radius 3 is 2.62 bits per heavy atom. The topological polar surface area (TPSA) is 116 Å². The summed E-state index contributed by atoms with van der Waals surface area (Å²) in [4.78, 5) is 19.5. The maximum atomic E-state index is 12.5. The first-order chi connectivity index (χ1) is 19.5. The zero-order chi connectivity index (χ0) is 27.5. The number of hydrogen-bond acceptors (Lipinski definition) is 8. The minimum atomic E-state index is -0.879. The zero-order valence-corrected chi connectivity index (χ0v) is 22.8. The molecule has 4 aromatic rings. The number of aliphatic hydroxyl groups is 1. The molecule has 4 heterocycles. The largest absolute Gasteiger partial charge is 0.385 e. The number of amides is 1. The van der Waals surface area contributed by atoms with Gasteiger partial charge < -0.3 is 30.7 Å². The fourth-order valence-corrected chi connectivity index (χ4v) is 5.38. The van der Waals surface area contributed by atoms with E-state index >= 15 is 0 Å². The van der Waals surface area contributed by atoms with Crippen molar-refractivity contribution in [2.75, 3.05) is 49.5 Å². The van der Waals surface area contributed by atoms with Gasteiger partial charge in [-0.3, -0.25) is 4.79 Å². The Hall–Kier alpha value is -3.70. The van der Waals surface area contributed by atoms with Crippen LogP contribution in [0, 0.1) is 0 Å². The van der Waals surface area contributed by atoms with E-state index in [0.717, 1.165) is 35.7 Å². The fourth-order valence-electron chi connectivity index (χ4n) is 5.25. The van der Waals surface area contributed by atoms with Crippen LogP contribution >= 0.6 is 11.6 Å². The van der Waals surface area contributed by atoms with Crippen molar-refractivity contribution in [1.29, 1.82) is 0 Å². The van der Waals surface area contributed by atoms with Crippen LogP contribution in [0.2, 0.25) is 5.02 Å². The number of nitrogens with zero attached hydrogens (tertiary/aromatic N) is 4. The van der Waals surface area contributed by atoms with Crippen LogP contribution in [0.3, 0.4) is 0 Å². The maximum Gasteiger partial charge on any atom is 0.251 e. The Morgan fingerprint density at radius 2 is 1.90 bits per heavy atom. The van der Waals surface area contributed by atoms with Crippen molar-refractivity contribution in [3.63, 3.8) is 0 Å². The van der Waals surface area contributed by atoms with E-state index in [1.54, 1.807) is 16.6 Å². The molecule has 11 heteroatoms. The van der Waals surface area contributed by atoms with E-state index in [0.29, 0.717) is 55.6 Å². The lowest BCUT2D eigenvalue weighted by Gasteiger charge is -2.39. The van der Waals surface area contributed by atoms with Crippen LogP contribution in [-0.4, -0.2) is 71.0 Å². The molecular weight excluding hydrogens is 530 g/mol. The number of rotatable bonds is 7. The molecule has 2 saturated heterocycles. The summed E-state index contributed by atoms with van der Waals surface area (Å²) >= 11 is 6.03. The van der Waals surface area contributed by atoms with Crippen LogP contribution in [-0.2, 0) is 10.3 Å². The van der Waals surface area contributed by atoms with E-state index in [4.69, 9.17) is 21.3 Å². The molecule has 2 fully saturated rings. The van der Waals surface area contributed by atoms with Gasteiger partial charge in [-0.05, 0) is 66.9 Å². The van der Waals surface area contributed by atoms with Gasteiger partial charge in [0.05, 0.1) is 24.0 Å². The Labute approximate surface area is 237 Å². The van der Waals surface area contributed by atoms with Gasteiger partial charge in [-0.2, -0.15) is 4.98 Å². The Kier molecular flexibility index (Phi) is 7.57. The zero-order valence-electron chi connectivity index (χ0n) is 22.0. The van der Waals surface area contributed by atoms with Crippen molar-refractivity contribution in [3.8, 4) is 0 Å². The number of aromatic nitrogens is 3. The van der Waals surface area contributed by atoms with Crippen molar-refractivity contribution in [2.24, 2.45) is 0 Å². The van der Waals surface area contributed by atoms with Gasteiger partial charge >= 0.3 is 0 Å². The van der Waals surface area contributed by atoms with E-state index in [-0.39, 0.29) is 12.0 Å². The highest BCUT2D eigenvalue weighted by Crippen LogP contribution is 2.36. The van der Waals surface area contributed by atoms with Crippen LogP contribution in [0.5, 0.6) is 0 Å². The molecule has 1 unspecified atom stereocenters. The third-order valence-electron chi connectivity index (χ3n) is 7.55. The quantitative estimate of drug-likeness (QED) is 0.272. The van der Waals surface area contributed by atoms with Crippen LogP contribution in [0.4, 0.5) is 17.3 Å². The summed E-state index contributed by atoms with van der Waals surface area (Å²) in [6.45, 7) is 4.07. The molecule has 2 aromatic heterocycles. The molecule has 0 aliphatic carbocycles. The molecule has 2 aliphatic rings. The molecule has 1 amide bonds. The Balaban J connectivity index is 1.10. The lowest BCUT2D eigenvalue weighted by molar-refractivity contribution is 0.0118. The number of carbonyl (C=O) groups is 1. The Morgan fingerprint density at radius 1 is 1.12 bits per heavy atom. The van der Waals surface area contributed by atoms with Gasteiger partial charge in [0.25, 0.3) is 5.91 Å². The summed E-state index contributed by atoms with van der Waals surface area (Å²) in [5.41, 5.74) is 3.06. The fraction of sp³-hybridized carbons (Fsp3) is 0.345. The molecule has 0 saturated carbocycles.